The highest BCUT2D eigenvalue weighted by Crippen LogP contribution is 2.30. The molecule has 2 N–H and O–H groups in total. The van der Waals surface area contributed by atoms with Gasteiger partial charge in [-0.3, -0.25) is 9.59 Å². The molecule has 0 aromatic heterocycles. The Balaban J connectivity index is 1.73. The predicted octanol–water partition coefficient (Wildman–Crippen LogP) is 5.27. The number of hydrogen-bond donors (Lipinski definition) is 2. The molecule has 0 atom stereocenters. The lowest BCUT2D eigenvalue weighted by Gasteiger charge is -2.09. The molecular formula is C24H17Cl2N3O5S. The van der Waals surface area contributed by atoms with Gasteiger partial charge in [-0.1, -0.05) is 41.4 Å². The van der Waals surface area contributed by atoms with Gasteiger partial charge in [0.25, 0.3) is 5.91 Å². The third kappa shape index (κ3) is 6.83. The molecule has 0 saturated heterocycles. The van der Waals surface area contributed by atoms with E-state index in [2.05, 4.69) is 10.6 Å². The van der Waals surface area contributed by atoms with Gasteiger partial charge in [-0.15, -0.1) is 0 Å². The van der Waals surface area contributed by atoms with Gasteiger partial charge in [-0.25, -0.2) is 0 Å². The van der Waals surface area contributed by atoms with Crippen molar-refractivity contribution < 1.29 is 22.2 Å². The van der Waals surface area contributed by atoms with Crippen LogP contribution in [0.4, 0.5) is 11.4 Å². The highest BCUT2D eigenvalue weighted by atomic mass is 35.5. The van der Waals surface area contributed by atoms with E-state index in [1.54, 1.807) is 18.2 Å². The second kappa shape index (κ2) is 11.1. The summed E-state index contributed by atoms with van der Waals surface area (Å²) in [6.07, 6.45) is 1.32. The molecule has 0 bridgehead atoms. The first-order valence-electron chi connectivity index (χ1n) is 9.88. The number of nitriles is 1. The Kier molecular flexibility index (Phi) is 8.14. The third-order valence-corrected chi connectivity index (χ3v) is 6.32. The lowest BCUT2D eigenvalue weighted by molar-refractivity contribution is -0.114. The topological polar surface area (TPSA) is 125 Å². The second-order valence-corrected chi connectivity index (χ2v) is 9.39. The molecule has 0 unspecified atom stereocenters. The Bertz CT molecular complexity index is 1430. The zero-order chi connectivity index (χ0) is 25.6. The number of halogens is 2. The molecule has 11 heteroatoms. The number of amides is 2. The lowest BCUT2D eigenvalue weighted by Crippen LogP contribution is -2.14. The molecule has 0 spiro atoms. The number of carbonyl (C=O) groups is 2. The summed E-state index contributed by atoms with van der Waals surface area (Å²) in [5, 5.41) is 14.9. The van der Waals surface area contributed by atoms with Crippen molar-refractivity contribution in [3.8, 4) is 11.8 Å². The number of para-hydroxylation sites is 1. The van der Waals surface area contributed by atoms with Crippen LogP contribution in [0.5, 0.6) is 5.75 Å². The van der Waals surface area contributed by atoms with Crippen molar-refractivity contribution in [3.05, 3.63) is 87.9 Å². The molecule has 2 amide bonds. The fourth-order valence-electron chi connectivity index (χ4n) is 2.82. The van der Waals surface area contributed by atoms with E-state index in [9.17, 15) is 23.3 Å². The van der Waals surface area contributed by atoms with Crippen LogP contribution in [-0.4, -0.2) is 20.2 Å². The Morgan fingerprint density at radius 3 is 2.09 bits per heavy atom. The lowest BCUT2D eigenvalue weighted by atomic mass is 10.1. The van der Waals surface area contributed by atoms with Crippen molar-refractivity contribution in [1.29, 1.82) is 5.26 Å². The molecule has 0 saturated carbocycles. The fourth-order valence-corrected chi connectivity index (χ4v) is 4.24. The van der Waals surface area contributed by atoms with Gasteiger partial charge >= 0.3 is 10.1 Å². The summed E-state index contributed by atoms with van der Waals surface area (Å²) in [4.78, 5) is 23.5. The summed E-state index contributed by atoms with van der Waals surface area (Å²) in [5.74, 6) is -0.970. The predicted molar refractivity (Wildman–Crippen MR) is 134 cm³/mol. The van der Waals surface area contributed by atoms with Crippen LogP contribution in [0.2, 0.25) is 10.0 Å². The second-order valence-electron chi connectivity index (χ2n) is 7.03. The molecule has 0 radical (unpaired) electrons. The van der Waals surface area contributed by atoms with E-state index in [0.717, 1.165) is 0 Å². The Morgan fingerprint density at radius 2 is 1.54 bits per heavy atom. The van der Waals surface area contributed by atoms with Gasteiger partial charge in [-0.05, 0) is 60.2 Å². The molecular weight excluding hydrogens is 513 g/mol. The van der Waals surface area contributed by atoms with Crippen molar-refractivity contribution in [2.24, 2.45) is 0 Å². The van der Waals surface area contributed by atoms with E-state index < -0.39 is 16.0 Å². The van der Waals surface area contributed by atoms with Crippen LogP contribution in [-0.2, 0) is 19.7 Å². The van der Waals surface area contributed by atoms with Gasteiger partial charge < -0.3 is 14.8 Å². The first-order valence-corrected chi connectivity index (χ1v) is 12.0. The fraction of sp³-hybridized carbons (Fsp3) is 0.0417. The average Bonchev–Trinajstić information content (AvgIpc) is 2.80. The minimum atomic E-state index is -4.12. The molecule has 0 aliphatic carbocycles. The van der Waals surface area contributed by atoms with Crippen LogP contribution in [0.3, 0.4) is 0 Å². The molecule has 0 heterocycles. The van der Waals surface area contributed by atoms with Crippen LogP contribution in [0.25, 0.3) is 6.08 Å². The van der Waals surface area contributed by atoms with Crippen LogP contribution in [0.1, 0.15) is 12.5 Å². The molecule has 3 rings (SSSR count). The number of anilines is 2. The number of benzene rings is 3. The van der Waals surface area contributed by atoms with E-state index in [4.69, 9.17) is 27.4 Å². The quantitative estimate of drug-likeness (QED) is 0.244. The number of carbonyl (C=O) groups excluding carboxylic acids is 2. The highest BCUT2D eigenvalue weighted by molar-refractivity contribution is 7.87. The van der Waals surface area contributed by atoms with E-state index in [0.29, 0.717) is 11.3 Å². The Hall–Kier alpha value is -3.84. The molecule has 3 aromatic rings. The van der Waals surface area contributed by atoms with E-state index >= 15 is 0 Å². The van der Waals surface area contributed by atoms with Gasteiger partial charge in [0.15, 0.2) is 0 Å². The minimum absolute atomic E-state index is 0.0268. The Labute approximate surface area is 211 Å². The maximum atomic E-state index is 12.5. The van der Waals surface area contributed by atoms with E-state index in [1.165, 1.54) is 61.5 Å². The summed E-state index contributed by atoms with van der Waals surface area (Å²) in [6, 6.07) is 17.7. The maximum absolute atomic E-state index is 12.5. The molecule has 178 valence electrons. The van der Waals surface area contributed by atoms with Gasteiger partial charge in [-0.2, -0.15) is 13.7 Å². The SMILES string of the molecule is CC(=O)Nc1ccc(S(=O)(=O)Oc2ccc(/C=C(\C#N)C(=O)Nc3c(Cl)cccc3Cl)cc2)cc1. The molecule has 0 aliphatic heterocycles. The monoisotopic (exact) mass is 529 g/mol. The summed E-state index contributed by atoms with van der Waals surface area (Å²) in [5.41, 5.74) is 0.857. The largest absolute Gasteiger partial charge is 0.379 e. The van der Waals surface area contributed by atoms with Crippen molar-refractivity contribution in [1.82, 2.24) is 0 Å². The smallest absolute Gasteiger partial charge is 0.339 e. The van der Waals surface area contributed by atoms with Crippen LogP contribution < -0.4 is 14.8 Å². The maximum Gasteiger partial charge on any atom is 0.339 e. The first kappa shape index (κ1) is 25.8. The standard InChI is InChI=1S/C24H17Cl2N3O5S/c1-15(30)28-18-7-11-20(12-8-18)35(32,33)34-19-9-5-16(6-10-19)13-17(14-27)24(31)29-23-21(25)3-2-4-22(23)26/h2-13H,1H3,(H,28,30)(H,29,31)/b17-13+. The number of nitrogens with zero attached hydrogens (tertiary/aromatic N) is 1. The average molecular weight is 530 g/mol. The number of hydrogen-bond acceptors (Lipinski definition) is 6. The van der Waals surface area contributed by atoms with Gasteiger partial charge in [0, 0.05) is 12.6 Å². The number of rotatable bonds is 7. The molecule has 0 fully saturated rings. The zero-order valence-electron chi connectivity index (χ0n) is 18.1. The van der Waals surface area contributed by atoms with E-state index in [1.807, 2.05) is 6.07 Å². The molecule has 3 aromatic carbocycles. The summed E-state index contributed by atoms with van der Waals surface area (Å²) in [6.45, 7) is 1.34. The van der Waals surface area contributed by atoms with Crippen molar-refractivity contribution >= 4 is 62.6 Å². The molecule has 0 aliphatic rings. The van der Waals surface area contributed by atoms with Gasteiger partial charge in [0.05, 0.1) is 15.7 Å². The van der Waals surface area contributed by atoms with Crippen molar-refractivity contribution in [3.63, 3.8) is 0 Å². The van der Waals surface area contributed by atoms with Crippen LogP contribution in [0.15, 0.2) is 77.2 Å². The van der Waals surface area contributed by atoms with Crippen LogP contribution >= 0.6 is 23.2 Å². The van der Waals surface area contributed by atoms with Crippen LogP contribution in [0, 0.1) is 11.3 Å². The van der Waals surface area contributed by atoms with Gasteiger partial charge in [0.2, 0.25) is 5.91 Å². The summed E-state index contributed by atoms with van der Waals surface area (Å²) < 4.78 is 30.2. The van der Waals surface area contributed by atoms with E-state index in [-0.39, 0.29) is 37.9 Å². The van der Waals surface area contributed by atoms with Gasteiger partial charge in [0.1, 0.15) is 22.3 Å². The molecule has 35 heavy (non-hydrogen) atoms. The minimum Gasteiger partial charge on any atom is -0.379 e. The van der Waals surface area contributed by atoms with Crippen molar-refractivity contribution in [2.45, 2.75) is 11.8 Å². The third-order valence-electron chi connectivity index (χ3n) is 4.43. The zero-order valence-corrected chi connectivity index (χ0v) is 20.4. The first-order chi connectivity index (χ1) is 16.6. The molecule has 8 nitrogen and oxygen atoms in total. The normalized spacial score (nSPS) is 11.3. The summed E-state index contributed by atoms with van der Waals surface area (Å²) in [7, 11) is -4.12. The van der Waals surface area contributed by atoms with Crippen molar-refractivity contribution in [2.75, 3.05) is 10.6 Å². The summed E-state index contributed by atoms with van der Waals surface area (Å²) >= 11 is 12.1. The Morgan fingerprint density at radius 1 is 0.943 bits per heavy atom. The highest BCUT2D eigenvalue weighted by Gasteiger charge is 2.17. The number of nitrogens with one attached hydrogen (secondary N) is 2.